The van der Waals surface area contributed by atoms with Gasteiger partial charge in [-0.05, 0) is 24.5 Å². The van der Waals surface area contributed by atoms with Crippen LogP contribution in [0.25, 0.3) is 0 Å². The molecule has 1 atom stereocenters. The van der Waals surface area contributed by atoms with Crippen LogP contribution in [0.1, 0.15) is 55.0 Å². The Labute approximate surface area is 183 Å². The van der Waals surface area contributed by atoms with Gasteiger partial charge < -0.3 is 24.3 Å². The highest BCUT2D eigenvalue weighted by molar-refractivity contribution is 8.00. The van der Waals surface area contributed by atoms with Crippen LogP contribution in [0.15, 0.2) is 17.2 Å². The van der Waals surface area contributed by atoms with Gasteiger partial charge in [0.05, 0.1) is 6.54 Å². The maximum Gasteiger partial charge on any atom is 0.355 e. The number of ether oxygens (including phenoxy) is 2. The van der Waals surface area contributed by atoms with E-state index >= 15 is 0 Å². The number of aromatic carboxylic acids is 1. The van der Waals surface area contributed by atoms with Gasteiger partial charge in [-0.25, -0.2) is 9.78 Å². The number of benzene rings is 1. The van der Waals surface area contributed by atoms with Crippen molar-refractivity contribution in [1.29, 1.82) is 0 Å². The number of carboxylic acids is 2. The lowest BCUT2D eigenvalue weighted by molar-refractivity contribution is -0.136. The number of halogens is 1. The van der Waals surface area contributed by atoms with E-state index in [0.29, 0.717) is 47.2 Å². The molecule has 3 rings (SSSR count). The summed E-state index contributed by atoms with van der Waals surface area (Å²) in [6.07, 6.45) is 2.39. The van der Waals surface area contributed by atoms with Gasteiger partial charge in [-0.15, -0.1) is 0 Å². The van der Waals surface area contributed by atoms with Crippen LogP contribution in [0, 0.1) is 0 Å². The Kier molecular flexibility index (Phi) is 7.14. The Balaban J connectivity index is 2.03. The highest BCUT2D eigenvalue weighted by atomic mass is 35.5. The Morgan fingerprint density at radius 1 is 1.23 bits per heavy atom. The van der Waals surface area contributed by atoms with E-state index in [1.54, 1.807) is 16.7 Å². The van der Waals surface area contributed by atoms with Gasteiger partial charge in [0.2, 0.25) is 6.79 Å². The van der Waals surface area contributed by atoms with Crippen molar-refractivity contribution in [2.24, 2.45) is 0 Å². The van der Waals surface area contributed by atoms with Crippen LogP contribution >= 0.6 is 23.4 Å². The molecule has 0 saturated heterocycles. The summed E-state index contributed by atoms with van der Waals surface area (Å²) in [5, 5.41) is 19.3. The Hall–Kier alpha value is -2.39. The van der Waals surface area contributed by atoms with Crippen molar-refractivity contribution in [3.63, 3.8) is 0 Å². The fourth-order valence-electron chi connectivity index (χ4n) is 3.23. The minimum Gasteiger partial charge on any atom is -0.480 e. The molecule has 0 aliphatic carbocycles. The van der Waals surface area contributed by atoms with E-state index in [1.165, 1.54) is 0 Å². The predicted molar refractivity (Wildman–Crippen MR) is 112 cm³/mol. The first kappa shape index (κ1) is 22.3. The molecule has 10 heteroatoms. The van der Waals surface area contributed by atoms with E-state index in [0.717, 1.165) is 18.2 Å². The van der Waals surface area contributed by atoms with E-state index in [2.05, 4.69) is 4.98 Å². The number of fused-ring (bicyclic) bond motifs is 1. The molecule has 0 radical (unpaired) electrons. The molecular weight excluding hydrogens is 432 g/mol. The quantitative estimate of drug-likeness (QED) is 0.511. The average molecular weight is 455 g/mol. The lowest BCUT2D eigenvalue weighted by atomic mass is 10.2. The first-order chi connectivity index (χ1) is 14.3. The first-order valence-corrected chi connectivity index (χ1v) is 10.9. The van der Waals surface area contributed by atoms with Crippen molar-refractivity contribution < 1.29 is 29.3 Å². The molecular formula is C20H23ClN2O6S. The number of aliphatic carboxylic acids is 1. The number of rotatable bonds is 10. The number of aryl methyl sites for hydroxylation is 1. The number of thioether (sulfide) groups is 1. The molecule has 1 aliphatic rings. The van der Waals surface area contributed by atoms with Gasteiger partial charge in [0.15, 0.2) is 17.2 Å². The van der Waals surface area contributed by atoms with Gasteiger partial charge in [-0.3, -0.25) is 4.79 Å². The highest BCUT2D eigenvalue weighted by Crippen LogP contribution is 2.38. The van der Waals surface area contributed by atoms with Crippen LogP contribution in [0.4, 0.5) is 0 Å². The van der Waals surface area contributed by atoms with Crippen LogP contribution in [0.3, 0.4) is 0 Å². The second-order valence-electron chi connectivity index (χ2n) is 6.85. The monoisotopic (exact) mass is 454 g/mol. The second-order valence-corrected chi connectivity index (χ2v) is 8.45. The summed E-state index contributed by atoms with van der Waals surface area (Å²) in [7, 11) is 0. The number of hydrogen-bond acceptors (Lipinski definition) is 6. The predicted octanol–water partition coefficient (Wildman–Crippen LogP) is 4.31. The maximum absolute atomic E-state index is 12.1. The van der Waals surface area contributed by atoms with E-state index in [1.807, 2.05) is 13.8 Å². The van der Waals surface area contributed by atoms with Gasteiger partial charge in [0.1, 0.15) is 16.1 Å². The van der Waals surface area contributed by atoms with Crippen LogP contribution in [-0.4, -0.2) is 43.7 Å². The fraction of sp³-hybridized carbons (Fsp3) is 0.450. The summed E-state index contributed by atoms with van der Waals surface area (Å²) in [5.74, 6) is -0.478. The van der Waals surface area contributed by atoms with Crippen molar-refractivity contribution >= 4 is 35.3 Å². The summed E-state index contributed by atoms with van der Waals surface area (Å²) in [6.45, 7) is 4.14. The number of hydrogen-bond donors (Lipinski definition) is 2. The molecule has 2 heterocycles. The molecule has 30 heavy (non-hydrogen) atoms. The van der Waals surface area contributed by atoms with Crippen molar-refractivity contribution in [1.82, 2.24) is 9.55 Å². The number of aromatic nitrogens is 2. The molecule has 1 aromatic heterocycles. The lowest BCUT2D eigenvalue weighted by Crippen LogP contribution is -2.17. The molecule has 0 saturated carbocycles. The van der Waals surface area contributed by atoms with Crippen molar-refractivity contribution in [2.75, 3.05) is 6.79 Å². The zero-order valence-corrected chi connectivity index (χ0v) is 18.3. The van der Waals surface area contributed by atoms with Crippen molar-refractivity contribution in [3.8, 4) is 11.5 Å². The molecule has 1 unspecified atom stereocenters. The lowest BCUT2D eigenvalue weighted by Gasteiger charge is -2.13. The molecule has 0 spiro atoms. The summed E-state index contributed by atoms with van der Waals surface area (Å²) < 4.78 is 12.3. The third-order valence-corrected chi connectivity index (χ3v) is 6.22. The van der Waals surface area contributed by atoms with E-state index in [4.69, 9.17) is 21.1 Å². The smallest absolute Gasteiger partial charge is 0.355 e. The standard InChI is InChI=1S/C20H23ClN2O6S/c1-3-5-15(19(24)25)30-18-17(20(26)27)23(16(22-18)6-4-2)9-11-7-13-14(8-12(11)21)29-10-28-13/h7-8,15H,3-6,9-10H2,1-2H3,(H,24,25)(H,26,27). The topological polar surface area (TPSA) is 111 Å². The van der Waals surface area contributed by atoms with Gasteiger partial charge >= 0.3 is 11.9 Å². The number of carbonyl (C=O) groups is 2. The second kappa shape index (κ2) is 9.61. The van der Waals surface area contributed by atoms with Gasteiger partial charge in [0, 0.05) is 17.5 Å². The van der Waals surface area contributed by atoms with E-state index in [-0.39, 0.29) is 24.1 Å². The fourth-order valence-corrected chi connectivity index (χ4v) is 4.63. The first-order valence-electron chi connectivity index (χ1n) is 9.65. The third kappa shape index (κ3) is 4.67. The summed E-state index contributed by atoms with van der Waals surface area (Å²) in [4.78, 5) is 28.2. The summed E-state index contributed by atoms with van der Waals surface area (Å²) >= 11 is 7.38. The van der Waals surface area contributed by atoms with E-state index in [9.17, 15) is 19.8 Å². The number of nitrogens with zero attached hydrogens (tertiary/aromatic N) is 2. The molecule has 1 aromatic carbocycles. The van der Waals surface area contributed by atoms with Crippen molar-refractivity contribution in [3.05, 3.63) is 34.2 Å². The normalized spacial score (nSPS) is 13.4. The van der Waals surface area contributed by atoms with Crippen LogP contribution < -0.4 is 9.47 Å². The molecule has 8 nitrogen and oxygen atoms in total. The van der Waals surface area contributed by atoms with Crippen LogP contribution in [-0.2, 0) is 17.8 Å². The Bertz CT molecular complexity index is 961. The molecule has 1 aliphatic heterocycles. The largest absolute Gasteiger partial charge is 0.480 e. The minimum atomic E-state index is -1.16. The molecule has 2 N–H and O–H groups in total. The Morgan fingerprint density at radius 3 is 2.53 bits per heavy atom. The van der Waals surface area contributed by atoms with Gasteiger partial charge in [0.25, 0.3) is 0 Å². The zero-order valence-electron chi connectivity index (χ0n) is 16.7. The zero-order chi connectivity index (χ0) is 21.8. The summed E-state index contributed by atoms with van der Waals surface area (Å²) in [5.41, 5.74) is 0.637. The summed E-state index contributed by atoms with van der Waals surface area (Å²) in [6, 6.07) is 3.38. The molecule has 162 valence electrons. The Morgan fingerprint density at radius 2 is 1.93 bits per heavy atom. The van der Waals surface area contributed by atoms with Crippen LogP contribution in [0.5, 0.6) is 11.5 Å². The van der Waals surface area contributed by atoms with Gasteiger partial charge in [-0.1, -0.05) is 43.6 Å². The van der Waals surface area contributed by atoms with Crippen LogP contribution in [0.2, 0.25) is 5.02 Å². The average Bonchev–Trinajstić information content (AvgIpc) is 3.26. The minimum absolute atomic E-state index is 0.0282. The maximum atomic E-state index is 12.1. The number of carboxylic acid groups (broad SMARTS) is 2. The highest BCUT2D eigenvalue weighted by Gasteiger charge is 2.28. The number of imidazole rings is 1. The molecule has 0 amide bonds. The SMILES string of the molecule is CCCc1nc(SC(CCC)C(=O)O)c(C(=O)O)n1Cc1cc2c(cc1Cl)OCO2. The van der Waals surface area contributed by atoms with Gasteiger partial charge in [-0.2, -0.15) is 0 Å². The molecule has 2 aromatic rings. The third-order valence-electron chi connectivity index (χ3n) is 4.64. The molecule has 0 fully saturated rings. The van der Waals surface area contributed by atoms with E-state index < -0.39 is 17.2 Å². The molecule has 0 bridgehead atoms. The van der Waals surface area contributed by atoms with Crippen molar-refractivity contribution in [2.45, 2.75) is 56.4 Å².